The van der Waals surface area contributed by atoms with Crippen LogP contribution in [0.5, 0.6) is 0 Å². The van der Waals surface area contributed by atoms with Gasteiger partial charge in [0, 0.05) is 19.6 Å². The Labute approximate surface area is 110 Å². The Bertz CT molecular complexity index is 253. The Balaban J connectivity index is 3.90. The fraction of sp³-hybridized carbons (Fsp3) is 0.846. The molecule has 0 aromatic carbocycles. The quantitative estimate of drug-likeness (QED) is 0.599. The first-order valence-corrected chi connectivity index (χ1v) is 6.85. The lowest BCUT2D eigenvalue weighted by Crippen LogP contribution is -2.47. The molecular formula is C13H27N3O2. The minimum atomic E-state index is -0.332. The van der Waals surface area contributed by atoms with Crippen LogP contribution in [-0.4, -0.2) is 48.9 Å². The van der Waals surface area contributed by atoms with Crippen LogP contribution in [0.15, 0.2) is 0 Å². The molecule has 0 aliphatic carbocycles. The molecular weight excluding hydrogens is 230 g/mol. The Morgan fingerprint density at radius 2 is 1.78 bits per heavy atom. The summed E-state index contributed by atoms with van der Waals surface area (Å²) in [7, 11) is 0. The summed E-state index contributed by atoms with van der Waals surface area (Å²) >= 11 is 0. The van der Waals surface area contributed by atoms with E-state index in [1.165, 1.54) is 0 Å². The van der Waals surface area contributed by atoms with Crippen molar-refractivity contribution in [2.24, 2.45) is 0 Å². The van der Waals surface area contributed by atoms with E-state index in [4.69, 9.17) is 0 Å². The van der Waals surface area contributed by atoms with Gasteiger partial charge in [0.05, 0.1) is 12.6 Å². The molecule has 2 amide bonds. The van der Waals surface area contributed by atoms with Gasteiger partial charge in [-0.1, -0.05) is 13.3 Å². The van der Waals surface area contributed by atoms with Crippen LogP contribution >= 0.6 is 0 Å². The SMILES string of the molecule is CCCCNC(=O)C(C)NCC(=O)N(CC)CC. The lowest BCUT2D eigenvalue weighted by atomic mass is 10.3. The van der Waals surface area contributed by atoms with Crippen LogP contribution in [0.25, 0.3) is 0 Å². The molecule has 0 aromatic heterocycles. The monoisotopic (exact) mass is 257 g/mol. The largest absolute Gasteiger partial charge is 0.355 e. The predicted molar refractivity (Wildman–Crippen MR) is 73.3 cm³/mol. The van der Waals surface area contributed by atoms with Crippen molar-refractivity contribution in [3.05, 3.63) is 0 Å². The van der Waals surface area contributed by atoms with Crippen molar-refractivity contribution in [2.45, 2.75) is 46.6 Å². The van der Waals surface area contributed by atoms with Crippen molar-refractivity contribution >= 4 is 11.8 Å². The van der Waals surface area contributed by atoms with Gasteiger partial charge in [-0.15, -0.1) is 0 Å². The van der Waals surface area contributed by atoms with Gasteiger partial charge in [-0.3, -0.25) is 14.9 Å². The minimum Gasteiger partial charge on any atom is -0.355 e. The van der Waals surface area contributed by atoms with Gasteiger partial charge in [0.1, 0.15) is 0 Å². The standard InChI is InChI=1S/C13H27N3O2/c1-5-8-9-14-13(18)11(4)15-10-12(17)16(6-2)7-3/h11,15H,5-10H2,1-4H3,(H,14,18). The Kier molecular flexibility index (Phi) is 9.28. The van der Waals surface area contributed by atoms with Crippen LogP contribution in [0.1, 0.15) is 40.5 Å². The lowest BCUT2D eigenvalue weighted by molar-refractivity contribution is -0.130. The van der Waals surface area contributed by atoms with E-state index in [-0.39, 0.29) is 24.4 Å². The molecule has 0 aromatic rings. The van der Waals surface area contributed by atoms with Gasteiger partial charge in [0.25, 0.3) is 0 Å². The van der Waals surface area contributed by atoms with Gasteiger partial charge >= 0.3 is 0 Å². The average Bonchev–Trinajstić information content (AvgIpc) is 2.37. The highest BCUT2D eigenvalue weighted by atomic mass is 16.2. The normalized spacial score (nSPS) is 12.0. The lowest BCUT2D eigenvalue weighted by Gasteiger charge is -2.20. The predicted octanol–water partition coefficient (Wildman–Crippen LogP) is 0.749. The molecule has 1 atom stereocenters. The summed E-state index contributed by atoms with van der Waals surface area (Å²) in [6.07, 6.45) is 2.04. The van der Waals surface area contributed by atoms with Crippen molar-refractivity contribution in [2.75, 3.05) is 26.2 Å². The maximum Gasteiger partial charge on any atom is 0.236 e. The summed E-state index contributed by atoms with van der Waals surface area (Å²) in [5, 5.41) is 5.79. The number of carbonyl (C=O) groups is 2. The van der Waals surface area contributed by atoms with Crippen LogP contribution in [0.2, 0.25) is 0 Å². The number of hydrogen-bond donors (Lipinski definition) is 2. The molecule has 5 heteroatoms. The molecule has 0 rings (SSSR count). The smallest absolute Gasteiger partial charge is 0.236 e. The second-order valence-corrected chi connectivity index (χ2v) is 4.31. The van der Waals surface area contributed by atoms with Crippen molar-refractivity contribution < 1.29 is 9.59 Å². The van der Waals surface area contributed by atoms with E-state index in [1.807, 2.05) is 13.8 Å². The molecule has 0 radical (unpaired) electrons. The first-order valence-electron chi connectivity index (χ1n) is 6.85. The van der Waals surface area contributed by atoms with E-state index in [0.29, 0.717) is 19.6 Å². The third kappa shape index (κ3) is 6.59. The van der Waals surface area contributed by atoms with E-state index in [9.17, 15) is 9.59 Å². The molecule has 0 aliphatic rings. The number of amides is 2. The zero-order valence-electron chi connectivity index (χ0n) is 12.1. The summed E-state index contributed by atoms with van der Waals surface area (Å²) in [5.41, 5.74) is 0. The maximum atomic E-state index is 11.7. The van der Waals surface area contributed by atoms with Gasteiger partial charge in [-0.25, -0.2) is 0 Å². The molecule has 18 heavy (non-hydrogen) atoms. The third-order valence-corrected chi connectivity index (χ3v) is 2.90. The van der Waals surface area contributed by atoms with Crippen molar-refractivity contribution in [3.63, 3.8) is 0 Å². The molecule has 0 spiro atoms. The zero-order valence-corrected chi connectivity index (χ0v) is 12.1. The average molecular weight is 257 g/mol. The first kappa shape index (κ1) is 16.9. The number of nitrogens with zero attached hydrogens (tertiary/aromatic N) is 1. The molecule has 0 heterocycles. The van der Waals surface area contributed by atoms with Gasteiger partial charge < -0.3 is 10.2 Å². The van der Waals surface area contributed by atoms with Crippen molar-refractivity contribution in [1.29, 1.82) is 0 Å². The fourth-order valence-electron chi connectivity index (χ4n) is 1.56. The Morgan fingerprint density at radius 1 is 1.17 bits per heavy atom. The number of rotatable bonds is 9. The molecule has 0 bridgehead atoms. The summed E-state index contributed by atoms with van der Waals surface area (Å²) in [5.74, 6) is -0.0102. The molecule has 0 fully saturated rings. The fourth-order valence-corrected chi connectivity index (χ4v) is 1.56. The van der Waals surface area contributed by atoms with Crippen LogP contribution in [0.3, 0.4) is 0 Å². The highest BCUT2D eigenvalue weighted by Crippen LogP contribution is 1.90. The highest BCUT2D eigenvalue weighted by molar-refractivity contribution is 5.83. The molecule has 5 nitrogen and oxygen atoms in total. The molecule has 0 saturated heterocycles. The van der Waals surface area contributed by atoms with Crippen LogP contribution in [0, 0.1) is 0 Å². The highest BCUT2D eigenvalue weighted by Gasteiger charge is 2.15. The molecule has 0 saturated carbocycles. The number of carbonyl (C=O) groups excluding carboxylic acids is 2. The second kappa shape index (κ2) is 9.88. The van der Waals surface area contributed by atoms with E-state index < -0.39 is 0 Å². The number of nitrogens with one attached hydrogen (secondary N) is 2. The third-order valence-electron chi connectivity index (χ3n) is 2.90. The van der Waals surface area contributed by atoms with Gasteiger partial charge in [0.15, 0.2) is 0 Å². The van der Waals surface area contributed by atoms with Crippen LogP contribution < -0.4 is 10.6 Å². The van der Waals surface area contributed by atoms with Gasteiger partial charge in [-0.05, 0) is 27.2 Å². The van der Waals surface area contributed by atoms with Crippen molar-refractivity contribution in [3.8, 4) is 0 Å². The minimum absolute atomic E-state index is 0.0354. The van der Waals surface area contributed by atoms with E-state index in [1.54, 1.807) is 11.8 Å². The Morgan fingerprint density at radius 3 is 2.28 bits per heavy atom. The summed E-state index contributed by atoms with van der Waals surface area (Å²) < 4.78 is 0. The molecule has 106 valence electrons. The number of unbranched alkanes of at least 4 members (excludes halogenated alkanes) is 1. The molecule has 1 unspecified atom stereocenters. The van der Waals surface area contributed by atoms with Crippen LogP contribution in [-0.2, 0) is 9.59 Å². The first-order chi connectivity index (χ1) is 8.56. The zero-order chi connectivity index (χ0) is 14.0. The Hall–Kier alpha value is -1.10. The van der Waals surface area contributed by atoms with Gasteiger partial charge in [-0.2, -0.15) is 0 Å². The van der Waals surface area contributed by atoms with Gasteiger partial charge in [0.2, 0.25) is 11.8 Å². The topological polar surface area (TPSA) is 61.4 Å². The van der Waals surface area contributed by atoms with Crippen LogP contribution in [0.4, 0.5) is 0 Å². The summed E-state index contributed by atoms with van der Waals surface area (Å²) in [6.45, 7) is 10.1. The number of likely N-dealkylation sites (N-methyl/N-ethyl adjacent to an activating group) is 1. The van der Waals surface area contributed by atoms with E-state index >= 15 is 0 Å². The molecule has 2 N–H and O–H groups in total. The van der Waals surface area contributed by atoms with Crippen molar-refractivity contribution in [1.82, 2.24) is 15.5 Å². The van der Waals surface area contributed by atoms with E-state index in [2.05, 4.69) is 17.6 Å². The summed E-state index contributed by atoms with van der Waals surface area (Å²) in [4.78, 5) is 25.1. The summed E-state index contributed by atoms with van der Waals surface area (Å²) in [6, 6.07) is -0.332. The van der Waals surface area contributed by atoms with E-state index in [0.717, 1.165) is 12.8 Å². The maximum absolute atomic E-state index is 11.7. The molecule has 0 aliphatic heterocycles. The second-order valence-electron chi connectivity index (χ2n) is 4.31. The number of hydrogen-bond acceptors (Lipinski definition) is 3.